The van der Waals surface area contributed by atoms with Crippen LogP contribution in [-0.2, 0) is 16.1 Å². The van der Waals surface area contributed by atoms with Gasteiger partial charge < -0.3 is 10.6 Å². The van der Waals surface area contributed by atoms with Crippen molar-refractivity contribution in [1.29, 1.82) is 0 Å². The number of carbonyl (C=O) groups excluding carboxylic acids is 2. The van der Waals surface area contributed by atoms with Gasteiger partial charge in [-0.15, -0.1) is 0 Å². The van der Waals surface area contributed by atoms with Gasteiger partial charge in [0.2, 0.25) is 11.8 Å². The number of hydrogen-bond acceptors (Lipinski definition) is 3. The molecule has 2 fully saturated rings. The molecule has 4 atom stereocenters. The van der Waals surface area contributed by atoms with Gasteiger partial charge >= 0.3 is 0 Å². The van der Waals surface area contributed by atoms with E-state index < -0.39 is 0 Å². The van der Waals surface area contributed by atoms with Crippen LogP contribution in [0.1, 0.15) is 24.5 Å². The van der Waals surface area contributed by atoms with Gasteiger partial charge in [-0.05, 0) is 38.0 Å². The van der Waals surface area contributed by atoms with Gasteiger partial charge in [-0.1, -0.05) is 48.0 Å². The summed E-state index contributed by atoms with van der Waals surface area (Å²) in [6.45, 7) is 4.70. The first-order chi connectivity index (χ1) is 13.0. The van der Waals surface area contributed by atoms with Gasteiger partial charge in [0.25, 0.3) is 0 Å². The molecule has 2 aromatic carbocycles. The summed E-state index contributed by atoms with van der Waals surface area (Å²) >= 11 is 0. The molecule has 2 aromatic rings. The van der Waals surface area contributed by atoms with Crippen molar-refractivity contribution in [3.05, 3.63) is 65.7 Å². The number of aryl methyl sites for hydroxylation is 1. The lowest BCUT2D eigenvalue weighted by molar-refractivity contribution is -0.131. The number of hydrogen-bond donors (Lipinski definition) is 2. The van der Waals surface area contributed by atoms with Crippen LogP contribution in [0.5, 0.6) is 0 Å². The van der Waals surface area contributed by atoms with E-state index in [1.165, 1.54) is 0 Å². The zero-order valence-corrected chi connectivity index (χ0v) is 15.7. The van der Waals surface area contributed by atoms with Gasteiger partial charge in [0.15, 0.2) is 0 Å². The molecule has 140 valence electrons. The number of anilines is 1. The second kappa shape index (κ2) is 7.16. The van der Waals surface area contributed by atoms with Crippen molar-refractivity contribution < 1.29 is 9.59 Å². The Kier molecular flexibility index (Phi) is 4.70. The minimum atomic E-state index is -0.250. The predicted octanol–water partition coefficient (Wildman–Crippen LogP) is 2.71. The van der Waals surface area contributed by atoms with Crippen LogP contribution >= 0.6 is 0 Å². The predicted molar refractivity (Wildman–Crippen MR) is 105 cm³/mol. The third-order valence-corrected chi connectivity index (χ3v) is 5.72. The molecule has 2 aliphatic rings. The van der Waals surface area contributed by atoms with E-state index >= 15 is 0 Å². The van der Waals surface area contributed by atoms with Gasteiger partial charge in [-0.3, -0.25) is 14.5 Å². The fraction of sp³-hybridized carbons (Fsp3) is 0.364. The number of fused-ring (bicyclic) bond motifs is 2. The molecule has 0 aromatic heterocycles. The van der Waals surface area contributed by atoms with Crippen LogP contribution in [0.15, 0.2) is 54.6 Å². The van der Waals surface area contributed by atoms with Crippen LogP contribution in [0.2, 0.25) is 0 Å². The normalized spacial score (nSPS) is 27.3. The van der Waals surface area contributed by atoms with Crippen molar-refractivity contribution in [3.8, 4) is 0 Å². The topological polar surface area (TPSA) is 61.4 Å². The fourth-order valence-corrected chi connectivity index (χ4v) is 4.40. The molecule has 27 heavy (non-hydrogen) atoms. The Morgan fingerprint density at radius 3 is 2.56 bits per heavy atom. The van der Waals surface area contributed by atoms with E-state index in [9.17, 15) is 9.59 Å². The lowest BCUT2D eigenvalue weighted by Crippen LogP contribution is -2.60. The molecule has 2 bridgehead atoms. The summed E-state index contributed by atoms with van der Waals surface area (Å²) in [7, 11) is 0. The van der Waals surface area contributed by atoms with E-state index in [1.54, 1.807) is 0 Å². The number of nitrogens with one attached hydrogen (secondary N) is 2. The van der Waals surface area contributed by atoms with Gasteiger partial charge in [0.1, 0.15) is 0 Å². The number of benzene rings is 2. The molecule has 2 heterocycles. The standard InChI is InChI=1S/C22H25N3O2/c1-14-8-10-17(11-9-14)24-21(26)18-12-19-22(27)23-15(2)20(18)25(19)13-16-6-4-3-5-7-16/h3-11,15,18-20H,12-13H2,1-2H3,(H,23,27)(H,24,26)/t15?,18-,19+,20+/m0/s1. The maximum absolute atomic E-state index is 13.0. The monoisotopic (exact) mass is 363 g/mol. The molecule has 0 spiro atoms. The van der Waals surface area contributed by atoms with Crippen LogP contribution < -0.4 is 10.6 Å². The van der Waals surface area contributed by atoms with Crippen molar-refractivity contribution in [3.63, 3.8) is 0 Å². The summed E-state index contributed by atoms with van der Waals surface area (Å²) in [5.41, 5.74) is 3.12. The maximum Gasteiger partial charge on any atom is 0.237 e. The molecule has 2 amide bonds. The third kappa shape index (κ3) is 3.47. The number of nitrogens with zero attached hydrogens (tertiary/aromatic N) is 1. The first-order valence-electron chi connectivity index (χ1n) is 9.50. The van der Waals surface area contributed by atoms with Gasteiger partial charge in [-0.25, -0.2) is 0 Å². The molecule has 2 aliphatic heterocycles. The molecule has 5 heteroatoms. The first-order valence-corrected chi connectivity index (χ1v) is 9.50. The average Bonchev–Trinajstić information content (AvgIpc) is 2.97. The SMILES string of the molecule is Cc1ccc(NC(=O)[C@H]2C[C@@H]3C(=O)NC(C)[C@H]2N3Cc2ccccc2)cc1. The van der Waals surface area contributed by atoms with Crippen molar-refractivity contribution in [2.45, 2.75) is 44.9 Å². The summed E-state index contributed by atoms with van der Waals surface area (Å²) in [5, 5.41) is 6.09. The highest BCUT2D eigenvalue weighted by atomic mass is 16.2. The van der Waals surface area contributed by atoms with Crippen molar-refractivity contribution in [1.82, 2.24) is 10.2 Å². The quantitative estimate of drug-likeness (QED) is 0.878. The number of carbonyl (C=O) groups is 2. The minimum absolute atomic E-state index is 0.00152. The Bertz CT molecular complexity index is 834. The largest absolute Gasteiger partial charge is 0.351 e. The van der Waals surface area contributed by atoms with Crippen molar-refractivity contribution in [2.75, 3.05) is 5.32 Å². The van der Waals surface area contributed by atoms with Crippen LogP contribution in [0.4, 0.5) is 5.69 Å². The Balaban J connectivity index is 1.56. The van der Waals surface area contributed by atoms with E-state index in [-0.39, 0.29) is 35.9 Å². The smallest absolute Gasteiger partial charge is 0.237 e. The average molecular weight is 363 g/mol. The summed E-state index contributed by atoms with van der Waals surface area (Å²) in [6.07, 6.45) is 0.561. The second-order valence-electron chi connectivity index (χ2n) is 7.66. The highest BCUT2D eigenvalue weighted by Crippen LogP contribution is 2.37. The van der Waals surface area contributed by atoms with Gasteiger partial charge in [0.05, 0.1) is 12.0 Å². The second-order valence-corrected chi connectivity index (χ2v) is 7.66. The zero-order valence-electron chi connectivity index (χ0n) is 15.7. The molecule has 1 unspecified atom stereocenters. The molecule has 2 N–H and O–H groups in total. The van der Waals surface area contributed by atoms with Crippen LogP contribution in [0.3, 0.4) is 0 Å². The fourth-order valence-electron chi connectivity index (χ4n) is 4.40. The van der Waals surface area contributed by atoms with Crippen molar-refractivity contribution >= 4 is 17.5 Å². The summed E-state index contributed by atoms with van der Waals surface area (Å²) in [6, 6.07) is 17.6. The van der Waals surface area contributed by atoms with Crippen LogP contribution in [0, 0.1) is 12.8 Å². The van der Waals surface area contributed by atoms with Crippen LogP contribution in [-0.4, -0.2) is 34.8 Å². The van der Waals surface area contributed by atoms with E-state index in [0.29, 0.717) is 13.0 Å². The van der Waals surface area contributed by atoms with Gasteiger partial charge in [0, 0.05) is 24.3 Å². The minimum Gasteiger partial charge on any atom is -0.351 e. The summed E-state index contributed by atoms with van der Waals surface area (Å²) in [5.74, 6) is -0.193. The molecule has 5 nitrogen and oxygen atoms in total. The molecule has 0 aliphatic carbocycles. The Morgan fingerprint density at radius 1 is 1.15 bits per heavy atom. The van der Waals surface area contributed by atoms with E-state index in [0.717, 1.165) is 16.8 Å². The molecule has 2 saturated heterocycles. The van der Waals surface area contributed by atoms with Crippen molar-refractivity contribution in [2.24, 2.45) is 5.92 Å². The van der Waals surface area contributed by atoms with Gasteiger partial charge in [-0.2, -0.15) is 0 Å². The highest BCUT2D eigenvalue weighted by Gasteiger charge is 2.53. The third-order valence-electron chi connectivity index (χ3n) is 5.72. The highest BCUT2D eigenvalue weighted by molar-refractivity contribution is 5.95. The van der Waals surface area contributed by atoms with E-state index in [1.807, 2.05) is 56.3 Å². The molecule has 4 rings (SSSR count). The zero-order chi connectivity index (χ0) is 19.0. The Morgan fingerprint density at radius 2 is 1.85 bits per heavy atom. The molecule has 0 saturated carbocycles. The van der Waals surface area contributed by atoms with E-state index in [2.05, 4.69) is 27.7 Å². The summed E-state index contributed by atoms with van der Waals surface area (Å²) < 4.78 is 0. The number of amides is 2. The summed E-state index contributed by atoms with van der Waals surface area (Å²) in [4.78, 5) is 27.8. The first kappa shape index (κ1) is 17.7. The Hall–Kier alpha value is -2.66. The lowest BCUT2D eigenvalue weighted by Gasteiger charge is -2.39. The number of rotatable bonds is 4. The van der Waals surface area contributed by atoms with E-state index in [4.69, 9.17) is 0 Å². The lowest BCUT2D eigenvalue weighted by atomic mass is 9.94. The van der Waals surface area contributed by atoms with Crippen LogP contribution in [0.25, 0.3) is 0 Å². The molecular weight excluding hydrogens is 338 g/mol. The molecular formula is C22H25N3O2. The Labute approximate surface area is 159 Å². The molecule has 0 radical (unpaired) electrons. The maximum atomic E-state index is 13.0. The number of piperazine rings is 1.